The molecule has 1 atom stereocenters. The molecule has 1 N–H and O–H groups in total. The largest absolute Gasteiger partial charge is 0.455 e. The Morgan fingerprint density at radius 2 is 1.70 bits per heavy atom. The fourth-order valence-electron chi connectivity index (χ4n) is 4.68. The zero-order valence-electron chi connectivity index (χ0n) is 21.0. The third-order valence-electron chi connectivity index (χ3n) is 6.87. The predicted octanol–water partition coefficient (Wildman–Crippen LogP) is 9.47. The zero-order valence-corrected chi connectivity index (χ0v) is 23.3. The van der Waals surface area contributed by atoms with Gasteiger partial charge in [-0.1, -0.05) is 44.0 Å². The minimum absolute atomic E-state index is 0.150. The van der Waals surface area contributed by atoms with E-state index in [2.05, 4.69) is 26.1 Å². The highest BCUT2D eigenvalue weighted by Gasteiger charge is 2.33. The zero-order chi connectivity index (χ0) is 26.2. The third-order valence-corrected chi connectivity index (χ3v) is 8.53. The van der Waals surface area contributed by atoms with E-state index in [1.54, 1.807) is 41.8 Å². The van der Waals surface area contributed by atoms with E-state index in [1.165, 1.54) is 4.88 Å². The van der Waals surface area contributed by atoms with Crippen LogP contribution in [0.4, 0.5) is 10.7 Å². The van der Waals surface area contributed by atoms with Crippen molar-refractivity contribution in [1.82, 2.24) is 0 Å². The first-order chi connectivity index (χ1) is 17.7. The van der Waals surface area contributed by atoms with Crippen LogP contribution in [0.5, 0.6) is 0 Å². The van der Waals surface area contributed by atoms with Crippen LogP contribution in [0.25, 0.3) is 11.3 Å². The number of hydrogen-bond acceptors (Lipinski definition) is 4. The van der Waals surface area contributed by atoms with Crippen LogP contribution in [0.3, 0.4) is 0 Å². The summed E-state index contributed by atoms with van der Waals surface area (Å²) in [6.07, 6.45) is 4.58. The highest BCUT2D eigenvalue weighted by molar-refractivity contribution is 7.16. The molecule has 0 bridgehead atoms. The normalized spacial score (nSPS) is 15.6. The van der Waals surface area contributed by atoms with E-state index in [4.69, 9.17) is 32.6 Å². The number of nitrogens with one attached hydrogen (secondary N) is 1. The van der Waals surface area contributed by atoms with Crippen LogP contribution in [0.1, 0.15) is 53.8 Å². The standard InChI is InChI=1S/C30H28Cl2N2O2S/c1-30(2,3)19-6-14-24-26(16-19)37-29(27(24)28(35)34-22-11-9-21(32)10-12-22)33-17-23-13-15-25(36-23)18-4-7-20(31)8-5-18/h4-5,7-13,15,17,19H,6,14,16H2,1-3H3,(H,34,35)/t19-/m1/s1. The molecule has 5 rings (SSSR count). The molecule has 0 aliphatic heterocycles. The SMILES string of the molecule is CC(C)(C)[C@@H]1CCc2c(sc(N=Cc3ccc(-c4ccc(Cl)cc4)o3)c2C(=O)Nc2ccc(Cl)cc2)C1. The van der Waals surface area contributed by atoms with Gasteiger partial charge >= 0.3 is 0 Å². The molecule has 2 aromatic carbocycles. The topological polar surface area (TPSA) is 54.6 Å². The lowest BCUT2D eigenvalue weighted by atomic mass is 9.72. The van der Waals surface area contributed by atoms with Crippen molar-refractivity contribution in [3.05, 3.63) is 92.5 Å². The molecule has 4 aromatic rings. The first-order valence-corrected chi connectivity index (χ1v) is 13.9. The van der Waals surface area contributed by atoms with Crippen LogP contribution < -0.4 is 5.32 Å². The van der Waals surface area contributed by atoms with Crippen LogP contribution >= 0.6 is 34.5 Å². The fourth-order valence-corrected chi connectivity index (χ4v) is 6.20. The molecular weight excluding hydrogens is 523 g/mol. The molecule has 0 unspecified atom stereocenters. The summed E-state index contributed by atoms with van der Waals surface area (Å²) in [7, 11) is 0. The van der Waals surface area contributed by atoms with Gasteiger partial charge in [-0.2, -0.15) is 0 Å². The van der Waals surface area contributed by atoms with E-state index >= 15 is 0 Å². The number of hydrogen-bond donors (Lipinski definition) is 1. The van der Waals surface area contributed by atoms with Gasteiger partial charge < -0.3 is 9.73 Å². The third kappa shape index (κ3) is 5.85. The number of anilines is 1. The van der Waals surface area contributed by atoms with Crippen molar-refractivity contribution < 1.29 is 9.21 Å². The molecule has 2 heterocycles. The molecule has 7 heteroatoms. The molecule has 0 spiro atoms. The summed E-state index contributed by atoms with van der Waals surface area (Å²) in [6, 6.07) is 18.4. The van der Waals surface area contributed by atoms with Crippen LogP contribution in [-0.4, -0.2) is 12.1 Å². The molecule has 0 radical (unpaired) electrons. The van der Waals surface area contributed by atoms with Gasteiger partial charge in [0.15, 0.2) is 0 Å². The fraction of sp³-hybridized carbons (Fsp3) is 0.267. The smallest absolute Gasteiger partial charge is 0.259 e. The number of aliphatic imine (C=N–C) groups is 1. The Morgan fingerprint density at radius 1 is 1.03 bits per heavy atom. The molecule has 4 nitrogen and oxygen atoms in total. The van der Waals surface area contributed by atoms with Crippen molar-refractivity contribution in [2.75, 3.05) is 5.32 Å². The maximum atomic E-state index is 13.5. The van der Waals surface area contributed by atoms with Gasteiger partial charge in [0, 0.05) is 26.2 Å². The summed E-state index contributed by atoms with van der Waals surface area (Å²) in [4.78, 5) is 19.5. The second-order valence-electron chi connectivity index (χ2n) is 10.4. The van der Waals surface area contributed by atoms with Gasteiger partial charge in [-0.25, -0.2) is 4.99 Å². The maximum Gasteiger partial charge on any atom is 0.259 e. The molecular formula is C30H28Cl2N2O2S. The van der Waals surface area contributed by atoms with Gasteiger partial charge in [0.1, 0.15) is 16.5 Å². The summed E-state index contributed by atoms with van der Waals surface area (Å²) in [6.45, 7) is 6.87. The number of nitrogens with zero attached hydrogens (tertiary/aromatic N) is 1. The van der Waals surface area contributed by atoms with E-state index < -0.39 is 0 Å². The Morgan fingerprint density at radius 3 is 2.38 bits per heavy atom. The molecule has 0 fully saturated rings. The van der Waals surface area contributed by atoms with Gasteiger partial charge in [-0.15, -0.1) is 11.3 Å². The van der Waals surface area contributed by atoms with Gasteiger partial charge in [0.05, 0.1) is 11.8 Å². The summed E-state index contributed by atoms with van der Waals surface area (Å²) in [5.41, 5.74) is 3.62. The van der Waals surface area contributed by atoms with Crippen molar-refractivity contribution in [3.63, 3.8) is 0 Å². The van der Waals surface area contributed by atoms with Crippen LogP contribution in [0, 0.1) is 11.3 Å². The monoisotopic (exact) mass is 550 g/mol. The number of benzene rings is 2. The highest BCUT2D eigenvalue weighted by Crippen LogP contribution is 2.45. The van der Waals surface area contributed by atoms with Crippen molar-refractivity contribution in [3.8, 4) is 11.3 Å². The lowest BCUT2D eigenvalue weighted by Gasteiger charge is -2.33. The number of halogens is 2. The Labute approximate surface area is 231 Å². The second-order valence-corrected chi connectivity index (χ2v) is 12.4. The molecule has 0 saturated heterocycles. The van der Waals surface area contributed by atoms with Gasteiger partial charge in [0.25, 0.3) is 5.91 Å². The van der Waals surface area contributed by atoms with Gasteiger partial charge in [-0.3, -0.25) is 4.79 Å². The van der Waals surface area contributed by atoms with E-state index in [0.29, 0.717) is 38.0 Å². The van der Waals surface area contributed by atoms with E-state index in [0.717, 1.165) is 36.1 Å². The maximum absolute atomic E-state index is 13.5. The number of furan rings is 1. The van der Waals surface area contributed by atoms with Gasteiger partial charge in [-0.05, 0) is 96.8 Å². The summed E-state index contributed by atoms with van der Waals surface area (Å²) in [5, 5.41) is 5.04. The molecule has 1 aliphatic carbocycles. The van der Waals surface area contributed by atoms with Crippen molar-refractivity contribution in [1.29, 1.82) is 0 Å². The second kappa shape index (κ2) is 10.5. The minimum Gasteiger partial charge on any atom is -0.455 e. The first kappa shape index (κ1) is 25.8. The quantitative estimate of drug-likeness (QED) is 0.251. The Kier molecular flexibility index (Phi) is 7.30. The Hall–Kier alpha value is -2.86. The lowest BCUT2D eigenvalue weighted by molar-refractivity contribution is 0.102. The highest BCUT2D eigenvalue weighted by atomic mass is 35.5. The van der Waals surface area contributed by atoms with E-state index in [9.17, 15) is 4.79 Å². The van der Waals surface area contributed by atoms with Crippen LogP contribution in [0.15, 0.2) is 70.1 Å². The number of fused-ring (bicyclic) bond motifs is 1. The van der Waals surface area contributed by atoms with E-state index in [-0.39, 0.29) is 11.3 Å². The van der Waals surface area contributed by atoms with Crippen molar-refractivity contribution >= 4 is 57.3 Å². The number of carbonyl (C=O) groups is 1. The predicted molar refractivity (Wildman–Crippen MR) is 155 cm³/mol. The number of thiophene rings is 1. The molecule has 2 aromatic heterocycles. The lowest BCUT2D eigenvalue weighted by Crippen LogP contribution is -2.27. The van der Waals surface area contributed by atoms with Crippen LogP contribution in [-0.2, 0) is 12.8 Å². The Bertz CT molecular complexity index is 1440. The molecule has 0 saturated carbocycles. The Balaban J connectivity index is 1.46. The summed E-state index contributed by atoms with van der Waals surface area (Å²) in [5.74, 6) is 1.77. The number of carbonyl (C=O) groups excluding carboxylic acids is 1. The van der Waals surface area contributed by atoms with Gasteiger partial charge in [0.2, 0.25) is 0 Å². The average molecular weight is 552 g/mol. The molecule has 190 valence electrons. The van der Waals surface area contributed by atoms with Crippen LogP contribution in [0.2, 0.25) is 10.0 Å². The summed E-state index contributed by atoms with van der Waals surface area (Å²) >= 11 is 13.6. The van der Waals surface area contributed by atoms with Crippen molar-refractivity contribution in [2.45, 2.75) is 40.0 Å². The van der Waals surface area contributed by atoms with E-state index in [1.807, 2.05) is 36.4 Å². The average Bonchev–Trinajstić information content (AvgIpc) is 3.48. The molecule has 1 amide bonds. The first-order valence-electron chi connectivity index (χ1n) is 12.3. The molecule has 37 heavy (non-hydrogen) atoms. The summed E-state index contributed by atoms with van der Waals surface area (Å²) < 4.78 is 6.00. The number of rotatable bonds is 5. The minimum atomic E-state index is -0.150. The number of amides is 1. The molecule has 1 aliphatic rings. The van der Waals surface area contributed by atoms with Crippen molar-refractivity contribution in [2.24, 2.45) is 16.3 Å².